The molecule has 138 valence electrons. The molecule has 0 aliphatic heterocycles. The summed E-state index contributed by atoms with van der Waals surface area (Å²) in [6.07, 6.45) is -4.41. The molecule has 0 saturated heterocycles. The lowest BCUT2D eigenvalue weighted by Gasteiger charge is -2.12. The molecule has 26 heavy (non-hydrogen) atoms. The van der Waals surface area contributed by atoms with Crippen molar-refractivity contribution < 1.29 is 27.9 Å². The van der Waals surface area contributed by atoms with E-state index < -0.39 is 23.7 Å². The van der Waals surface area contributed by atoms with E-state index in [4.69, 9.17) is 5.11 Å². The van der Waals surface area contributed by atoms with Gasteiger partial charge in [-0.05, 0) is 18.2 Å². The van der Waals surface area contributed by atoms with Gasteiger partial charge in [0.15, 0.2) is 0 Å². The van der Waals surface area contributed by atoms with Crippen LogP contribution in [-0.4, -0.2) is 45.6 Å². The SMILES string of the molecule is CN(CC(=O)NCc1cc(-c2ccc(C(F)(F)F)cc2)ncn1)C(=O)O. The normalized spacial score (nSPS) is 11.1. The molecule has 10 heteroatoms. The molecule has 0 spiro atoms. The Labute approximate surface area is 146 Å². The summed E-state index contributed by atoms with van der Waals surface area (Å²) in [5, 5.41) is 11.2. The molecule has 1 aromatic carbocycles. The molecule has 7 nitrogen and oxygen atoms in total. The molecular weight excluding hydrogens is 353 g/mol. The number of rotatable bonds is 5. The summed E-state index contributed by atoms with van der Waals surface area (Å²) >= 11 is 0. The second-order valence-electron chi connectivity index (χ2n) is 5.39. The Morgan fingerprint density at radius 1 is 1.19 bits per heavy atom. The van der Waals surface area contributed by atoms with E-state index in [2.05, 4.69) is 15.3 Å². The predicted molar refractivity (Wildman–Crippen MR) is 85.0 cm³/mol. The number of aromatic nitrogens is 2. The quantitative estimate of drug-likeness (QED) is 0.845. The van der Waals surface area contributed by atoms with Gasteiger partial charge in [-0.25, -0.2) is 14.8 Å². The molecule has 2 aromatic rings. The highest BCUT2D eigenvalue weighted by molar-refractivity contribution is 5.81. The molecule has 0 saturated carbocycles. The van der Waals surface area contributed by atoms with Crippen molar-refractivity contribution in [2.45, 2.75) is 12.7 Å². The molecule has 1 aromatic heterocycles. The van der Waals surface area contributed by atoms with Crippen LogP contribution >= 0.6 is 0 Å². The molecule has 2 N–H and O–H groups in total. The topological polar surface area (TPSA) is 95.4 Å². The minimum Gasteiger partial charge on any atom is -0.465 e. The fourth-order valence-electron chi connectivity index (χ4n) is 2.01. The Morgan fingerprint density at radius 3 is 2.42 bits per heavy atom. The first-order valence-electron chi connectivity index (χ1n) is 7.36. The molecule has 0 aliphatic carbocycles. The van der Waals surface area contributed by atoms with Gasteiger partial charge < -0.3 is 15.3 Å². The smallest absolute Gasteiger partial charge is 0.416 e. The summed E-state index contributed by atoms with van der Waals surface area (Å²) in [6.45, 7) is -0.297. The monoisotopic (exact) mass is 368 g/mol. The molecule has 0 radical (unpaired) electrons. The standard InChI is InChI=1S/C16H15F3N4O3/c1-23(15(25)26)8-14(24)20-7-12-6-13(22-9-21-12)10-2-4-11(5-3-10)16(17,18)19/h2-6,9H,7-8H2,1H3,(H,20,24)(H,25,26). The van der Waals surface area contributed by atoms with Crippen molar-refractivity contribution >= 4 is 12.0 Å². The average Bonchev–Trinajstić information content (AvgIpc) is 2.59. The van der Waals surface area contributed by atoms with Crippen LogP contribution in [0.3, 0.4) is 0 Å². The number of hydrogen-bond donors (Lipinski definition) is 2. The summed E-state index contributed by atoms with van der Waals surface area (Å²) in [4.78, 5) is 31.1. The van der Waals surface area contributed by atoms with E-state index in [0.717, 1.165) is 17.0 Å². The van der Waals surface area contributed by atoms with Crippen molar-refractivity contribution in [3.63, 3.8) is 0 Å². The minimum atomic E-state index is -4.41. The number of amides is 2. The third kappa shape index (κ3) is 5.16. The number of hydrogen-bond acceptors (Lipinski definition) is 4. The third-order valence-electron chi connectivity index (χ3n) is 3.41. The van der Waals surface area contributed by atoms with E-state index in [9.17, 15) is 22.8 Å². The van der Waals surface area contributed by atoms with Crippen LogP contribution in [0.2, 0.25) is 0 Å². The number of alkyl halides is 3. The molecular formula is C16H15F3N4O3. The molecule has 0 unspecified atom stereocenters. The van der Waals surface area contributed by atoms with Crippen LogP contribution in [0.25, 0.3) is 11.3 Å². The Kier molecular flexibility index (Phi) is 5.75. The van der Waals surface area contributed by atoms with Gasteiger partial charge in [0, 0.05) is 12.6 Å². The molecule has 0 aliphatic rings. The van der Waals surface area contributed by atoms with Crippen molar-refractivity contribution in [3.05, 3.63) is 47.9 Å². The van der Waals surface area contributed by atoms with E-state index >= 15 is 0 Å². The molecule has 0 bridgehead atoms. The maximum absolute atomic E-state index is 12.6. The Hall–Kier alpha value is -3.17. The van der Waals surface area contributed by atoms with E-state index in [1.807, 2.05) is 0 Å². The lowest BCUT2D eigenvalue weighted by Crippen LogP contribution is -2.37. The maximum Gasteiger partial charge on any atom is 0.416 e. The van der Waals surface area contributed by atoms with Crippen LogP contribution in [-0.2, 0) is 17.5 Å². The van der Waals surface area contributed by atoms with E-state index in [1.165, 1.54) is 31.6 Å². The van der Waals surface area contributed by atoms with E-state index in [-0.39, 0.29) is 13.1 Å². The first-order valence-corrected chi connectivity index (χ1v) is 7.36. The fourth-order valence-corrected chi connectivity index (χ4v) is 2.01. The summed E-state index contributed by atoms with van der Waals surface area (Å²) < 4.78 is 37.8. The highest BCUT2D eigenvalue weighted by Gasteiger charge is 2.30. The van der Waals surface area contributed by atoms with Gasteiger partial charge >= 0.3 is 12.3 Å². The lowest BCUT2D eigenvalue weighted by molar-refractivity contribution is -0.137. The highest BCUT2D eigenvalue weighted by atomic mass is 19.4. The van der Waals surface area contributed by atoms with Crippen LogP contribution in [0.5, 0.6) is 0 Å². The summed E-state index contributed by atoms with van der Waals surface area (Å²) in [5.74, 6) is -0.510. The van der Waals surface area contributed by atoms with Crippen molar-refractivity contribution in [2.75, 3.05) is 13.6 Å². The van der Waals surface area contributed by atoms with Crippen LogP contribution in [0, 0.1) is 0 Å². The number of likely N-dealkylation sites (N-methyl/N-ethyl adjacent to an activating group) is 1. The van der Waals surface area contributed by atoms with E-state index in [1.54, 1.807) is 0 Å². The van der Waals surface area contributed by atoms with Crippen LogP contribution in [0.15, 0.2) is 36.7 Å². The van der Waals surface area contributed by atoms with Gasteiger partial charge in [0.2, 0.25) is 5.91 Å². The van der Waals surface area contributed by atoms with Crippen molar-refractivity contribution in [1.29, 1.82) is 0 Å². The van der Waals surface area contributed by atoms with Gasteiger partial charge in [0.1, 0.15) is 12.9 Å². The van der Waals surface area contributed by atoms with Gasteiger partial charge in [-0.1, -0.05) is 12.1 Å². The number of benzene rings is 1. The molecule has 1 heterocycles. The molecule has 0 fully saturated rings. The second-order valence-corrected chi connectivity index (χ2v) is 5.39. The fraction of sp³-hybridized carbons (Fsp3) is 0.250. The Morgan fingerprint density at radius 2 is 1.85 bits per heavy atom. The predicted octanol–water partition coefficient (Wildman–Crippen LogP) is 2.39. The lowest BCUT2D eigenvalue weighted by atomic mass is 10.1. The Balaban J connectivity index is 2.04. The highest BCUT2D eigenvalue weighted by Crippen LogP contribution is 2.30. The van der Waals surface area contributed by atoms with Crippen molar-refractivity contribution in [3.8, 4) is 11.3 Å². The zero-order chi connectivity index (χ0) is 19.3. The number of carbonyl (C=O) groups excluding carboxylic acids is 1. The molecule has 2 amide bonds. The zero-order valence-corrected chi connectivity index (χ0v) is 13.6. The van der Waals surface area contributed by atoms with Crippen LogP contribution < -0.4 is 5.32 Å². The van der Waals surface area contributed by atoms with Gasteiger partial charge in [0.05, 0.1) is 23.5 Å². The first-order chi connectivity index (χ1) is 12.2. The number of nitrogens with zero attached hydrogens (tertiary/aromatic N) is 3. The van der Waals surface area contributed by atoms with Gasteiger partial charge in [0.25, 0.3) is 0 Å². The summed E-state index contributed by atoms with van der Waals surface area (Å²) in [5.41, 5.74) is 0.547. The van der Waals surface area contributed by atoms with Gasteiger partial charge in [-0.3, -0.25) is 4.79 Å². The Bertz CT molecular complexity index is 794. The number of carboxylic acid groups (broad SMARTS) is 1. The number of nitrogens with one attached hydrogen (secondary N) is 1. The minimum absolute atomic E-state index is 0.0302. The number of halogens is 3. The summed E-state index contributed by atoms with van der Waals surface area (Å²) in [6, 6.07) is 6.05. The van der Waals surface area contributed by atoms with Gasteiger partial charge in [-0.2, -0.15) is 13.2 Å². The molecule has 0 atom stereocenters. The third-order valence-corrected chi connectivity index (χ3v) is 3.41. The zero-order valence-electron chi connectivity index (χ0n) is 13.6. The first kappa shape index (κ1) is 19.2. The molecule has 2 rings (SSSR count). The average molecular weight is 368 g/mol. The van der Waals surface area contributed by atoms with Crippen molar-refractivity contribution in [2.24, 2.45) is 0 Å². The maximum atomic E-state index is 12.6. The second kappa shape index (κ2) is 7.81. The van der Waals surface area contributed by atoms with E-state index in [0.29, 0.717) is 17.0 Å². The number of carbonyl (C=O) groups is 2. The largest absolute Gasteiger partial charge is 0.465 e. The van der Waals surface area contributed by atoms with Crippen LogP contribution in [0.1, 0.15) is 11.3 Å². The van der Waals surface area contributed by atoms with Crippen molar-refractivity contribution in [1.82, 2.24) is 20.2 Å². The van der Waals surface area contributed by atoms with Gasteiger partial charge in [-0.15, -0.1) is 0 Å². The summed E-state index contributed by atoms with van der Waals surface area (Å²) in [7, 11) is 1.26. The van der Waals surface area contributed by atoms with Crippen LogP contribution in [0.4, 0.5) is 18.0 Å².